The first-order valence-electron chi connectivity index (χ1n) is 9.16. The molecule has 136 valence electrons. The third kappa shape index (κ3) is 3.15. The Labute approximate surface area is 155 Å². The third-order valence-electron chi connectivity index (χ3n) is 5.02. The summed E-state index contributed by atoms with van der Waals surface area (Å²) >= 11 is 0. The van der Waals surface area contributed by atoms with Crippen molar-refractivity contribution in [1.82, 2.24) is 35.9 Å². The Morgan fingerprint density at radius 1 is 1.00 bits per heavy atom. The maximum atomic E-state index is 4.75. The average molecular weight is 360 g/mol. The highest BCUT2D eigenvalue weighted by molar-refractivity contribution is 5.95. The fourth-order valence-electron chi connectivity index (χ4n) is 3.61. The summed E-state index contributed by atoms with van der Waals surface area (Å²) < 4.78 is 0. The van der Waals surface area contributed by atoms with Gasteiger partial charge in [0.15, 0.2) is 0 Å². The molecule has 0 saturated carbocycles. The van der Waals surface area contributed by atoms with Crippen LogP contribution in [-0.2, 0) is 0 Å². The Hall–Kier alpha value is -3.26. The van der Waals surface area contributed by atoms with Gasteiger partial charge in [-0.05, 0) is 54.4 Å². The van der Waals surface area contributed by atoms with Crippen molar-refractivity contribution in [2.24, 2.45) is 0 Å². The molecule has 0 amide bonds. The van der Waals surface area contributed by atoms with Crippen LogP contribution in [0.25, 0.3) is 33.5 Å². The smallest absolute Gasteiger partial charge is 0.204 e. The number of rotatable bonds is 4. The van der Waals surface area contributed by atoms with E-state index in [0.29, 0.717) is 11.9 Å². The van der Waals surface area contributed by atoms with Gasteiger partial charge in [0.1, 0.15) is 11.5 Å². The number of benzene rings is 1. The van der Waals surface area contributed by atoms with Gasteiger partial charge in [0.25, 0.3) is 0 Å². The van der Waals surface area contributed by atoms with E-state index in [0.717, 1.165) is 59.5 Å². The number of anilines is 1. The number of tetrazole rings is 1. The first-order valence-corrected chi connectivity index (χ1v) is 9.16. The van der Waals surface area contributed by atoms with Crippen molar-refractivity contribution in [3.63, 3.8) is 0 Å². The van der Waals surface area contributed by atoms with E-state index in [1.807, 2.05) is 18.3 Å². The van der Waals surface area contributed by atoms with Crippen molar-refractivity contribution < 1.29 is 0 Å². The molecule has 1 aliphatic rings. The molecule has 1 aliphatic heterocycles. The molecule has 0 atom stereocenters. The van der Waals surface area contributed by atoms with E-state index < -0.39 is 0 Å². The van der Waals surface area contributed by atoms with Crippen LogP contribution in [0.3, 0.4) is 0 Å². The highest BCUT2D eigenvalue weighted by Crippen LogP contribution is 2.31. The molecular weight excluding hydrogens is 340 g/mol. The van der Waals surface area contributed by atoms with E-state index in [2.05, 4.69) is 60.5 Å². The maximum absolute atomic E-state index is 4.75. The summed E-state index contributed by atoms with van der Waals surface area (Å²) in [4.78, 5) is 8.00. The van der Waals surface area contributed by atoms with E-state index in [1.165, 1.54) is 0 Å². The first-order chi connectivity index (χ1) is 13.4. The van der Waals surface area contributed by atoms with Crippen LogP contribution in [0.15, 0.2) is 42.6 Å². The van der Waals surface area contributed by atoms with Gasteiger partial charge in [0, 0.05) is 23.2 Å². The average Bonchev–Trinajstić information content (AvgIpc) is 3.40. The first kappa shape index (κ1) is 16.0. The normalized spacial score (nSPS) is 15.3. The van der Waals surface area contributed by atoms with Crippen molar-refractivity contribution in [3.05, 3.63) is 42.6 Å². The van der Waals surface area contributed by atoms with Gasteiger partial charge in [-0.2, -0.15) is 5.21 Å². The van der Waals surface area contributed by atoms with Crippen LogP contribution in [0.1, 0.15) is 12.8 Å². The van der Waals surface area contributed by atoms with Crippen molar-refractivity contribution >= 4 is 16.9 Å². The van der Waals surface area contributed by atoms with Crippen LogP contribution >= 0.6 is 0 Å². The molecule has 0 radical (unpaired) electrons. The second-order valence-electron chi connectivity index (χ2n) is 6.78. The van der Waals surface area contributed by atoms with Gasteiger partial charge in [-0.1, -0.05) is 24.3 Å². The quantitative estimate of drug-likeness (QED) is 0.446. The summed E-state index contributed by atoms with van der Waals surface area (Å²) in [5, 5.41) is 22.3. The van der Waals surface area contributed by atoms with Gasteiger partial charge in [0.05, 0.1) is 0 Å². The number of pyridine rings is 1. The highest BCUT2D eigenvalue weighted by Gasteiger charge is 2.15. The van der Waals surface area contributed by atoms with Crippen LogP contribution in [0.4, 0.5) is 5.82 Å². The molecule has 8 heteroatoms. The lowest BCUT2D eigenvalue weighted by molar-refractivity contribution is 0.478. The zero-order valence-corrected chi connectivity index (χ0v) is 14.7. The van der Waals surface area contributed by atoms with E-state index in [1.54, 1.807) is 0 Å². The van der Waals surface area contributed by atoms with Crippen LogP contribution in [-0.4, -0.2) is 49.7 Å². The molecule has 1 saturated heterocycles. The molecule has 1 aromatic carbocycles. The molecule has 3 aromatic heterocycles. The molecule has 4 N–H and O–H groups in total. The molecule has 4 heterocycles. The monoisotopic (exact) mass is 360 g/mol. The third-order valence-corrected chi connectivity index (χ3v) is 5.02. The lowest BCUT2D eigenvalue weighted by Crippen LogP contribution is -2.35. The van der Waals surface area contributed by atoms with Crippen molar-refractivity contribution in [1.29, 1.82) is 0 Å². The fourth-order valence-corrected chi connectivity index (χ4v) is 3.61. The maximum Gasteiger partial charge on any atom is 0.204 e. The van der Waals surface area contributed by atoms with Crippen molar-refractivity contribution in [3.8, 4) is 22.5 Å². The molecule has 8 nitrogen and oxygen atoms in total. The predicted octanol–water partition coefficient (Wildman–Crippen LogP) is 2.57. The minimum atomic E-state index is 0.458. The van der Waals surface area contributed by atoms with E-state index >= 15 is 0 Å². The molecule has 4 aromatic rings. The second-order valence-corrected chi connectivity index (χ2v) is 6.78. The Balaban J connectivity index is 1.50. The molecule has 27 heavy (non-hydrogen) atoms. The van der Waals surface area contributed by atoms with Gasteiger partial charge in [-0.15, -0.1) is 10.2 Å². The fraction of sp³-hybridized carbons (Fsp3) is 0.263. The number of piperidine rings is 1. The van der Waals surface area contributed by atoms with Gasteiger partial charge in [0.2, 0.25) is 5.82 Å². The number of aromatic amines is 2. The topological polar surface area (TPSA) is 107 Å². The number of hydrogen-bond acceptors (Lipinski definition) is 6. The number of nitrogens with zero attached hydrogens (tertiary/aromatic N) is 4. The largest absolute Gasteiger partial charge is 0.367 e. The number of fused-ring (bicyclic) bond motifs is 1. The Morgan fingerprint density at radius 2 is 1.81 bits per heavy atom. The molecular formula is C19H20N8. The van der Waals surface area contributed by atoms with Gasteiger partial charge >= 0.3 is 0 Å². The van der Waals surface area contributed by atoms with Crippen LogP contribution in [0, 0.1) is 0 Å². The molecule has 1 fully saturated rings. The van der Waals surface area contributed by atoms with Crippen molar-refractivity contribution in [2.75, 3.05) is 18.4 Å². The van der Waals surface area contributed by atoms with E-state index in [4.69, 9.17) is 4.98 Å². The summed E-state index contributed by atoms with van der Waals surface area (Å²) in [6.07, 6.45) is 4.15. The lowest BCUT2D eigenvalue weighted by Gasteiger charge is -2.24. The Kier molecular flexibility index (Phi) is 4.02. The number of nitrogens with one attached hydrogen (secondary N) is 4. The number of H-pyrrole nitrogens is 2. The van der Waals surface area contributed by atoms with E-state index in [-0.39, 0.29) is 0 Å². The highest BCUT2D eigenvalue weighted by atomic mass is 15.5. The number of aromatic nitrogens is 6. The molecule has 0 bridgehead atoms. The van der Waals surface area contributed by atoms with Crippen LogP contribution < -0.4 is 10.6 Å². The molecule has 0 aliphatic carbocycles. The van der Waals surface area contributed by atoms with Gasteiger partial charge < -0.3 is 15.6 Å². The summed E-state index contributed by atoms with van der Waals surface area (Å²) in [6.45, 7) is 2.10. The minimum absolute atomic E-state index is 0.458. The van der Waals surface area contributed by atoms with Crippen LogP contribution in [0.2, 0.25) is 0 Å². The predicted molar refractivity (Wildman–Crippen MR) is 104 cm³/mol. The Morgan fingerprint density at radius 3 is 2.59 bits per heavy atom. The minimum Gasteiger partial charge on any atom is -0.367 e. The molecule has 0 spiro atoms. The zero-order chi connectivity index (χ0) is 18.1. The molecule has 5 rings (SSSR count). The second kappa shape index (κ2) is 6.81. The molecule has 0 unspecified atom stereocenters. The summed E-state index contributed by atoms with van der Waals surface area (Å²) in [5.41, 5.74) is 4.10. The van der Waals surface area contributed by atoms with Crippen LogP contribution in [0.5, 0.6) is 0 Å². The SMILES string of the molecule is c1cc2c(-c3ccc(-c4nn[nH]n4)cc3)cc(NC3CCNCC3)nc2[nH]1. The summed E-state index contributed by atoms with van der Waals surface area (Å²) in [5.74, 6) is 1.51. The summed E-state index contributed by atoms with van der Waals surface area (Å²) in [6, 6.07) is 12.9. The zero-order valence-electron chi connectivity index (χ0n) is 14.7. The van der Waals surface area contributed by atoms with Gasteiger partial charge in [-0.3, -0.25) is 0 Å². The Bertz CT molecular complexity index is 1030. The number of hydrogen-bond donors (Lipinski definition) is 4. The summed E-state index contributed by atoms with van der Waals surface area (Å²) in [7, 11) is 0. The van der Waals surface area contributed by atoms with E-state index in [9.17, 15) is 0 Å². The standard InChI is InChI=1S/C19H20N8/c1-3-13(18-24-26-27-25-18)4-2-12(1)16-11-17(22-14-5-8-20-9-6-14)23-19-15(16)7-10-21-19/h1-4,7,10-11,14,20H,5-6,8-9H2,(H2,21,22,23)(H,24,25,26,27). The lowest BCUT2D eigenvalue weighted by atomic mass is 10.0. The van der Waals surface area contributed by atoms with Gasteiger partial charge in [-0.25, -0.2) is 4.98 Å². The van der Waals surface area contributed by atoms with Crippen molar-refractivity contribution in [2.45, 2.75) is 18.9 Å².